The molecule has 5 nitrogen and oxygen atoms in total. The van der Waals surface area contributed by atoms with Gasteiger partial charge in [0, 0.05) is 30.4 Å². The first kappa shape index (κ1) is 15.4. The monoisotopic (exact) mass is 289 g/mol. The quantitative estimate of drug-likeness (QED) is 0.786. The average Bonchev–Trinajstić information content (AvgIpc) is 2.95. The van der Waals surface area contributed by atoms with Gasteiger partial charge in [0.1, 0.15) is 5.60 Å². The first-order valence-corrected chi connectivity index (χ1v) is 7.17. The topological polar surface area (TPSA) is 47.4 Å². The third kappa shape index (κ3) is 3.38. The highest BCUT2D eigenvalue weighted by Crippen LogP contribution is 2.34. The third-order valence-corrected chi connectivity index (χ3v) is 3.72. The molecule has 0 spiro atoms. The molecule has 0 aliphatic carbocycles. The van der Waals surface area contributed by atoms with Crippen molar-refractivity contribution in [2.75, 3.05) is 13.1 Å². The summed E-state index contributed by atoms with van der Waals surface area (Å²) in [5, 5.41) is 0. The lowest BCUT2D eigenvalue weighted by Crippen LogP contribution is -2.37. The first-order chi connectivity index (χ1) is 9.75. The molecule has 1 aromatic rings. The fourth-order valence-corrected chi connectivity index (χ4v) is 2.70. The fourth-order valence-electron chi connectivity index (χ4n) is 2.70. The minimum absolute atomic E-state index is 0.135. The molecule has 1 saturated heterocycles. The van der Waals surface area contributed by atoms with Crippen molar-refractivity contribution in [3.8, 4) is 12.3 Å². The molecule has 1 unspecified atom stereocenters. The molecular weight excluding hydrogens is 266 g/mol. The van der Waals surface area contributed by atoms with Crippen LogP contribution in [0.3, 0.4) is 0 Å². The van der Waals surface area contributed by atoms with E-state index in [9.17, 15) is 4.79 Å². The predicted octanol–water partition coefficient (Wildman–Crippen LogP) is 2.41. The predicted molar refractivity (Wildman–Crippen MR) is 80.8 cm³/mol. The number of carbonyl (C=O) groups is 1. The summed E-state index contributed by atoms with van der Waals surface area (Å²) in [7, 11) is 0. The average molecular weight is 289 g/mol. The molecule has 1 aliphatic rings. The smallest absolute Gasteiger partial charge is 0.410 e. The Bertz CT molecular complexity index is 565. The van der Waals surface area contributed by atoms with Gasteiger partial charge in [0.25, 0.3) is 0 Å². The van der Waals surface area contributed by atoms with Crippen molar-refractivity contribution in [3.05, 3.63) is 18.2 Å². The molecule has 0 bridgehead atoms. The van der Waals surface area contributed by atoms with E-state index in [1.165, 1.54) is 0 Å². The van der Waals surface area contributed by atoms with Gasteiger partial charge in [-0.05, 0) is 27.2 Å². The second-order valence-corrected chi connectivity index (χ2v) is 6.82. The van der Waals surface area contributed by atoms with Crippen molar-refractivity contribution in [1.82, 2.24) is 14.5 Å². The maximum Gasteiger partial charge on any atom is 0.410 e. The molecule has 1 aromatic heterocycles. The summed E-state index contributed by atoms with van der Waals surface area (Å²) in [6.07, 6.45) is 9.60. The fraction of sp³-hybridized carbons (Fsp3) is 0.625. The summed E-state index contributed by atoms with van der Waals surface area (Å²) in [6.45, 7) is 9.58. The zero-order valence-electron chi connectivity index (χ0n) is 13.2. The van der Waals surface area contributed by atoms with Gasteiger partial charge in [-0.15, -0.1) is 6.42 Å². The van der Waals surface area contributed by atoms with E-state index in [4.69, 9.17) is 11.2 Å². The largest absolute Gasteiger partial charge is 0.444 e. The number of hydrogen-bond acceptors (Lipinski definition) is 3. The lowest BCUT2D eigenvalue weighted by molar-refractivity contribution is 0.0285. The summed E-state index contributed by atoms with van der Waals surface area (Å²) in [5.74, 6) is 2.63. The van der Waals surface area contributed by atoms with E-state index in [2.05, 4.69) is 17.8 Å². The van der Waals surface area contributed by atoms with Gasteiger partial charge in [0.05, 0.1) is 12.9 Å². The molecular formula is C16H23N3O2. The Balaban J connectivity index is 2.12. The first-order valence-electron chi connectivity index (χ1n) is 7.17. The number of nitrogens with zero attached hydrogens (tertiary/aromatic N) is 3. The van der Waals surface area contributed by atoms with Crippen LogP contribution in [0.5, 0.6) is 0 Å². The maximum absolute atomic E-state index is 12.2. The zero-order chi connectivity index (χ0) is 15.7. The number of carbonyl (C=O) groups excluding carboxylic acids is 1. The van der Waals surface area contributed by atoms with Crippen LogP contribution in [0, 0.1) is 12.3 Å². The Hall–Kier alpha value is -1.96. The Morgan fingerprint density at radius 2 is 2.29 bits per heavy atom. The van der Waals surface area contributed by atoms with Gasteiger partial charge >= 0.3 is 6.09 Å². The van der Waals surface area contributed by atoms with Gasteiger partial charge < -0.3 is 14.2 Å². The number of likely N-dealkylation sites (tertiary alicyclic amines) is 1. The molecule has 1 aliphatic heterocycles. The molecule has 0 aromatic carbocycles. The summed E-state index contributed by atoms with van der Waals surface area (Å²) < 4.78 is 7.41. The zero-order valence-corrected chi connectivity index (χ0v) is 13.2. The van der Waals surface area contributed by atoms with E-state index < -0.39 is 5.60 Å². The third-order valence-electron chi connectivity index (χ3n) is 3.72. The minimum Gasteiger partial charge on any atom is -0.444 e. The van der Waals surface area contributed by atoms with E-state index in [0.29, 0.717) is 19.6 Å². The Kier molecular flexibility index (Phi) is 3.99. The van der Waals surface area contributed by atoms with Crippen LogP contribution in [0.1, 0.15) is 39.8 Å². The molecule has 21 heavy (non-hydrogen) atoms. The number of terminal acetylenes is 1. The van der Waals surface area contributed by atoms with Gasteiger partial charge in [-0.2, -0.15) is 0 Å². The molecule has 0 N–H and O–H groups in total. The van der Waals surface area contributed by atoms with Gasteiger partial charge in [0.15, 0.2) is 0 Å². The van der Waals surface area contributed by atoms with Gasteiger partial charge in [-0.1, -0.05) is 12.8 Å². The van der Waals surface area contributed by atoms with Crippen molar-refractivity contribution in [2.24, 2.45) is 0 Å². The number of hydrogen-bond donors (Lipinski definition) is 0. The number of rotatable bonds is 2. The number of amides is 1. The lowest BCUT2D eigenvalue weighted by atomic mass is 9.86. The molecule has 0 saturated carbocycles. The molecule has 114 valence electrons. The highest BCUT2D eigenvalue weighted by atomic mass is 16.6. The minimum atomic E-state index is -0.471. The van der Waals surface area contributed by atoms with E-state index in [1.54, 1.807) is 11.2 Å². The van der Waals surface area contributed by atoms with Crippen LogP contribution in [0.25, 0.3) is 0 Å². The summed E-state index contributed by atoms with van der Waals surface area (Å²) in [5.41, 5.74) is 0.470. The molecule has 2 rings (SSSR count). The van der Waals surface area contributed by atoms with Gasteiger partial charge in [-0.3, -0.25) is 0 Å². The lowest BCUT2D eigenvalue weighted by Gasteiger charge is -2.27. The Morgan fingerprint density at radius 1 is 1.57 bits per heavy atom. The molecule has 1 amide bonds. The van der Waals surface area contributed by atoms with Crippen molar-refractivity contribution in [1.29, 1.82) is 0 Å². The van der Waals surface area contributed by atoms with Crippen molar-refractivity contribution < 1.29 is 9.53 Å². The summed E-state index contributed by atoms with van der Waals surface area (Å²) in [4.78, 5) is 18.1. The van der Waals surface area contributed by atoms with Crippen molar-refractivity contribution in [3.63, 3.8) is 0 Å². The van der Waals surface area contributed by atoms with E-state index in [-0.39, 0.29) is 11.5 Å². The van der Waals surface area contributed by atoms with Crippen LogP contribution in [-0.4, -0.2) is 39.2 Å². The molecule has 2 heterocycles. The van der Waals surface area contributed by atoms with E-state index in [1.807, 2.05) is 31.5 Å². The Labute approximate surface area is 126 Å². The molecule has 1 fully saturated rings. The molecule has 1 atom stereocenters. The summed E-state index contributed by atoms with van der Waals surface area (Å²) in [6, 6.07) is 0. The number of aromatic nitrogens is 2. The summed E-state index contributed by atoms with van der Waals surface area (Å²) >= 11 is 0. The van der Waals surface area contributed by atoms with Crippen molar-refractivity contribution >= 4 is 6.09 Å². The van der Waals surface area contributed by atoms with Crippen LogP contribution >= 0.6 is 0 Å². The van der Waals surface area contributed by atoms with Crippen LogP contribution in [0.15, 0.2) is 12.5 Å². The van der Waals surface area contributed by atoms with Gasteiger partial charge in [-0.25, -0.2) is 9.78 Å². The SMILES string of the molecule is C#CCn1cncc1C1(C)CCN(C(=O)OC(C)(C)C)C1. The number of imidazole rings is 1. The van der Waals surface area contributed by atoms with Crippen molar-refractivity contribution in [2.45, 2.75) is 51.7 Å². The Morgan fingerprint density at radius 3 is 2.90 bits per heavy atom. The highest BCUT2D eigenvalue weighted by molar-refractivity contribution is 5.68. The molecule has 5 heteroatoms. The van der Waals surface area contributed by atoms with Crippen LogP contribution in [0.4, 0.5) is 4.79 Å². The second-order valence-electron chi connectivity index (χ2n) is 6.82. The normalized spacial score (nSPS) is 22.1. The number of ether oxygens (including phenoxy) is 1. The molecule has 0 radical (unpaired) electrons. The van der Waals surface area contributed by atoms with Crippen LogP contribution < -0.4 is 0 Å². The van der Waals surface area contributed by atoms with E-state index >= 15 is 0 Å². The van der Waals surface area contributed by atoms with Crippen LogP contribution in [-0.2, 0) is 16.7 Å². The van der Waals surface area contributed by atoms with Crippen LogP contribution in [0.2, 0.25) is 0 Å². The second kappa shape index (κ2) is 5.44. The maximum atomic E-state index is 12.2. The van der Waals surface area contributed by atoms with E-state index in [0.717, 1.165) is 12.1 Å². The highest BCUT2D eigenvalue weighted by Gasteiger charge is 2.40. The standard InChI is InChI=1S/C16H23N3O2/c1-6-8-19-12-17-10-13(19)16(5)7-9-18(11-16)14(20)21-15(2,3)4/h1,10,12H,7-9,11H2,2-5H3. The van der Waals surface area contributed by atoms with Gasteiger partial charge in [0.2, 0.25) is 0 Å².